The van der Waals surface area contributed by atoms with Gasteiger partial charge in [-0.1, -0.05) is 44.2 Å². The molecule has 0 aliphatic carbocycles. The Bertz CT molecular complexity index is 1480. The zero-order valence-electron chi connectivity index (χ0n) is 20.5. The Balaban J connectivity index is 1.68. The highest BCUT2D eigenvalue weighted by Gasteiger charge is 2.43. The van der Waals surface area contributed by atoms with E-state index >= 15 is 0 Å². The van der Waals surface area contributed by atoms with Gasteiger partial charge in [0.25, 0.3) is 5.91 Å². The summed E-state index contributed by atoms with van der Waals surface area (Å²) in [7, 11) is 0. The number of amides is 1. The monoisotopic (exact) mass is 467 g/mol. The number of carbonyl (C=O) groups is 1. The van der Waals surface area contributed by atoms with E-state index < -0.39 is 6.04 Å². The highest BCUT2D eigenvalue weighted by atomic mass is 16.5. The van der Waals surface area contributed by atoms with Gasteiger partial charge in [0.2, 0.25) is 5.76 Å². The van der Waals surface area contributed by atoms with E-state index in [0.29, 0.717) is 34.8 Å². The molecule has 0 spiro atoms. The molecule has 1 amide bonds. The van der Waals surface area contributed by atoms with E-state index in [0.717, 1.165) is 28.8 Å². The largest absolute Gasteiger partial charge is 0.494 e. The highest BCUT2D eigenvalue weighted by molar-refractivity contribution is 6.10. The van der Waals surface area contributed by atoms with Crippen LogP contribution in [0, 0.1) is 19.8 Å². The molecular weight excluding hydrogens is 438 g/mol. The van der Waals surface area contributed by atoms with Gasteiger partial charge < -0.3 is 9.15 Å². The normalized spacial score (nSPS) is 15.2. The number of ether oxygens (including phenoxy) is 1. The molecule has 0 fully saturated rings. The third-order valence-corrected chi connectivity index (χ3v) is 6.68. The van der Waals surface area contributed by atoms with E-state index in [-0.39, 0.29) is 17.1 Å². The Morgan fingerprint density at radius 3 is 2.51 bits per heavy atom. The summed E-state index contributed by atoms with van der Waals surface area (Å²) < 4.78 is 12.1. The van der Waals surface area contributed by atoms with Crippen LogP contribution in [-0.4, -0.2) is 12.5 Å². The van der Waals surface area contributed by atoms with E-state index in [1.165, 1.54) is 0 Å². The van der Waals surface area contributed by atoms with Gasteiger partial charge in [0.15, 0.2) is 5.43 Å². The number of rotatable bonds is 6. The quantitative estimate of drug-likeness (QED) is 0.321. The maximum Gasteiger partial charge on any atom is 0.295 e. The fraction of sp³-hybridized carbons (Fsp3) is 0.267. The van der Waals surface area contributed by atoms with Crippen LogP contribution in [0.3, 0.4) is 0 Å². The SMILES string of the molecule is Cc1ccc(N2C(=O)c3oc4ccccc4c(=O)c3C2c2cccc(OCCC(C)C)c2)cc1C. The molecule has 0 radical (unpaired) electrons. The van der Waals surface area contributed by atoms with E-state index in [1.807, 2.05) is 62.4 Å². The molecule has 1 atom stereocenters. The maximum atomic E-state index is 13.8. The average Bonchev–Trinajstić information content (AvgIpc) is 3.13. The highest BCUT2D eigenvalue weighted by Crippen LogP contribution is 2.42. The van der Waals surface area contributed by atoms with Crippen molar-refractivity contribution in [3.8, 4) is 5.75 Å². The number of aryl methyl sites for hydroxylation is 2. The van der Waals surface area contributed by atoms with Crippen LogP contribution in [-0.2, 0) is 0 Å². The minimum atomic E-state index is -0.617. The zero-order chi connectivity index (χ0) is 24.7. The van der Waals surface area contributed by atoms with Crippen LogP contribution < -0.4 is 15.1 Å². The van der Waals surface area contributed by atoms with Gasteiger partial charge in [-0.05, 0) is 79.3 Å². The molecule has 0 saturated carbocycles. The molecule has 35 heavy (non-hydrogen) atoms. The molecule has 1 aliphatic rings. The standard InChI is InChI=1S/C30H29NO4/c1-18(2)14-15-34-23-9-7-8-21(17-23)27-26-28(32)24-10-5-6-11-25(24)35-29(26)30(33)31(27)22-13-12-19(3)20(4)16-22/h5-13,16-18,27H,14-15H2,1-4H3. The Morgan fingerprint density at radius 2 is 1.74 bits per heavy atom. The van der Waals surface area contributed by atoms with Crippen LogP contribution in [0.1, 0.15) is 59.1 Å². The van der Waals surface area contributed by atoms with Crippen molar-refractivity contribution in [2.45, 2.75) is 40.2 Å². The van der Waals surface area contributed by atoms with Crippen molar-refractivity contribution < 1.29 is 13.9 Å². The number of nitrogens with zero attached hydrogens (tertiary/aromatic N) is 1. The van der Waals surface area contributed by atoms with Crippen LogP contribution in [0.5, 0.6) is 5.75 Å². The Labute approximate surface area is 205 Å². The predicted molar refractivity (Wildman–Crippen MR) is 138 cm³/mol. The molecular formula is C30H29NO4. The minimum Gasteiger partial charge on any atom is -0.494 e. The van der Waals surface area contributed by atoms with Gasteiger partial charge in [0.05, 0.1) is 23.6 Å². The van der Waals surface area contributed by atoms with Gasteiger partial charge >= 0.3 is 0 Å². The van der Waals surface area contributed by atoms with Gasteiger partial charge in [-0.15, -0.1) is 0 Å². The Morgan fingerprint density at radius 1 is 0.943 bits per heavy atom. The molecule has 1 unspecified atom stereocenters. The van der Waals surface area contributed by atoms with Crippen molar-refractivity contribution in [2.75, 3.05) is 11.5 Å². The summed E-state index contributed by atoms with van der Waals surface area (Å²) in [5, 5.41) is 0.468. The van der Waals surface area contributed by atoms with Crippen LogP contribution >= 0.6 is 0 Å². The van der Waals surface area contributed by atoms with E-state index in [1.54, 1.807) is 23.1 Å². The molecule has 0 saturated heterocycles. The second-order valence-corrected chi connectivity index (χ2v) is 9.62. The number of anilines is 1. The van der Waals surface area contributed by atoms with E-state index in [2.05, 4.69) is 13.8 Å². The summed E-state index contributed by atoms with van der Waals surface area (Å²) in [4.78, 5) is 29.2. The van der Waals surface area contributed by atoms with Crippen LogP contribution in [0.25, 0.3) is 11.0 Å². The van der Waals surface area contributed by atoms with Gasteiger partial charge in [-0.3, -0.25) is 14.5 Å². The summed E-state index contributed by atoms with van der Waals surface area (Å²) in [6.45, 7) is 8.97. The molecule has 2 heterocycles. The third-order valence-electron chi connectivity index (χ3n) is 6.68. The second kappa shape index (κ2) is 9.06. The molecule has 0 bridgehead atoms. The summed E-state index contributed by atoms with van der Waals surface area (Å²) in [5.74, 6) is 1.04. The number of hydrogen-bond donors (Lipinski definition) is 0. The smallest absolute Gasteiger partial charge is 0.295 e. The molecule has 5 nitrogen and oxygen atoms in total. The molecule has 0 N–H and O–H groups in total. The molecule has 178 valence electrons. The fourth-order valence-electron chi connectivity index (χ4n) is 4.56. The van der Waals surface area contributed by atoms with Crippen molar-refractivity contribution in [1.29, 1.82) is 0 Å². The van der Waals surface area contributed by atoms with Crippen molar-refractivity contribution >= 4 is 22.6 Å². The third kappa shape index (κ3) is 4.12. The van der Waals surface area contributed by atoms with Gasteiger partial charge in [-0.2, -0.15) is 0 Å². The summed E-state index contributed by atoms with van der Waals surface area (Å²) in [5.41, 5.74) is 4.33. The van der Waals surface area contributed by atoms with E-state index in [9.17, 15) is 9.59 Å². The lowest BCUT2D eigenvalue weighted by Gasteiger charge is -2.26. The Hall–Kier alpha value is -3.86. The first-order valence-corrected chi connectivity index (χ1v) is 12.0. The average molecular weight is 468 g/mol. The summed E-state index contributed by atoms with van der Waals surface area (Å²) >= 11 is 0. The van der Waals surface area contributed by atoms with Crippen LogP contribution in [0.4, 0.5) is 5.69 Å². The molecule has 1 aliphatic heterocycles. The Kier molecular flexibility index (Phi) is 5.93. The van der Waals surface area contributed by atoms with Crippen LogP contribution in [0.2, 0.25) is 0 Å². The first-order valence-electron chi connectivity index (χ1n) is 12.0. The summed E-state index contributed by atoms with van der Waals surface area (Å²) in [6.07, 6.45) is 0.944. The minimum absolute atomic E-state index is 0.100. The van der Waals surface area contributed by atoms with Crippen molar-refractivity contribution in [2.24, 2.45) is 5.92 Å². The predicted octanol–water partition coefficient (Wildman–Crippen LogP) is 6.58. The van der Waals surface area contributed by atoms with Crippen molar-refractivity contribution in [3.63, 3.8) is 0 Å². The topological polar surface area (TPSA) is 59.8 Å². The molecule has 4 aromatic rings. The lowest BCUT2D eigenvalue weighted by atomic mass is 9.97. The maximum absolute atomic E-state index is 13.8. The lowest BCUT2D eigenvalue weighted by molar-refractivity contribution is 0.0971. The second-order valence-electron chi connectivity index (χ2n) is 9.62. The van der Waals surface area contributed by atoms with Gasteiger partial charge in [0, 0.05) is 5.69 Å². The molecule has 5 heteroatoms. The van der Waals surface area contributed by atoms with Crippen molar-refractivity contribution in [1.82, 2.24) is 0 Å². The molecule has 1 aromatic heterocycles. The van der Waals surface area contributed by atoms with Gasteiger partial charge in [0.1, 0.15) is 11.3 Å². The zero-order valence-corrected chi connectivity index (χ0v) is 20.5. The fourth-order valence-corrected chi connectivity index (χ4v) is 4.56. The van der Waals surface area contributed by atoms with Crippen molar-refractivity contribution in [3.05, 3.63) is 105 Å². The number of benzene rings is 3. The molecule has 5 rings (SSSR count). The van der Waals surface area contributed by atoms with Gasteiger partial charge in [-0.25, -0.2) is 0 Å². The number of hydrogen-bond acceptors (Lipinski definition) is 4. The first-order chi connectivity index (χ1) is 16.8. The first kappa shape index (κ1) is 22.9. The van der Waals surface area contributed by atoms with E-state index in [4.69, 9.17) is 9.15 Å². The molecule has 3 aromatic carbocycles. The number of fused-ring (bicyclic) bond motifs is 2. The van der Waals surface area contributed by atoms with Crippen LogP contribution in [0.15, 0.2) is 75.9 Å². The summed E-state index contributed by atoms with van der Waals surface area (Å²) in [6, 6.07) is 20.0. The lowest BCUT2D eigenvalue weighted by Crippen LogP contribution is -2.29. The number of carbonyl (C=O) groups excluding carboxylic acids is 1. The number of para-hydroxylation sites is 1.